The van der Waals surface area contributed by atoms with E-state index >= 15 is 0 Å². The van der Waals surface area contributed by atoms with E-state index in [1.807, 2.05) is 6.08 Å². The molecule has 0 bridgehead atoms. The molecule has 0 aliphatic heterocycles. The van der Waals surface area contributed by atoms with Crippen LogP contribution in [0, 0.1) is 5.92 Å². The lowest BCUT2D eigenvalue weighted by atomic mass is 10.0. The van der Waals surface area contributed by atoms with Crippen LogP contribution in [0.1, 0.15) is 53.4 Å². The molecule has 0 aromatic carbocycles. The molecule has 0 spiro atoms. The van der Waals surface area contributed by atoms with Crippen molar-refractivity contribution in [1.82, 2.24) is 0 Å². The van der Waals surface area contributed by atoms with E-state index in [0.29, 0.717) is 5.92 Å². The van der Waals surface area contributed by atoms with Crippen LogP contribution >= 0.6 is 0 Å². The number of hydrogen-bond acceptors (Lipinski definition) is 2. The van der Waals surface area contributed by atoms with Crippen molar-refractivity contribution in [1.29, 1.82) is 0 Å². The second-order valence-corrected chi connectivity index (χ2v) is 5.31. The summed E-state index contributed by atoms with van der Waals surface area (Å²) in [6, 6.07) is 0. The highest BCUT2D eigenvalue weighted by Gasteiger charge is 1.98. The molecule has 0 unspecified atom stereocenters. The van der Waals surface area contributed by atoms with Crippen molar-refractivity contribution in [3.8, 4) is 0 Å². The number of methoxy groups -OCH3 is 1. The maximum atomic E-state index is 10.9. The Morgan fingerprint density at radius 1 is 1.16 bits per heavy atom. The molecular formula is C17H28O2. The van der Waals surface area contributed by atoms with Gasteiger partial charge in [0.05, 0.1) is 7.11 Å². The molecule has 0 aromatic heterocycles. The maximum absolute atomic E-state index is 10.9. The van der Waals surface area contributed by atoms with Crippen LogP contribution in [0.4, 0.5) is 0 Å². The normalized spacial score (nSPS) is 13.4. The van der Waals surface area contributed by atoms with Gasteiger partial charge in [-0.15, -0.1) is 0 Å². The first-order valence-corrected chi connectivity index (χ1v) is 7.00. The van der Waals surface area contributed by atoms with E-state index in [2.05, 4.69) is 44.6 Å². The van der Waals surface area contributed by atoms with Gasteiger partial charge in [0.25, 0.3) is 0 Å². The van der Waals surface area contributed by atoms with Gasteiger partial charge in [0.15, 0.2) is 0 Å². The predicted octanol–water partition coefficient (Wildman–Crippen LogP) is 4.82. The lowest BCUT2D eigenvalue weighted by Crippen LogP contribution is -1.96. The fourth-order valence-electron chi connectivity index (χ4n) is 1.69. The summed E-state index contributed by atoms with van der Waals surface area (Å²) in [7, 11) is 1.40. The van der Waals surface area contributed by atoms with Gasteiger partial charge in [0.2, 0.25) is 0 Å². The summed E-state index contributed by atoms with van der Waals surface area (Å²) in [4.78, 5) is 10.9. The van der Waals surface area contributed by atoms with Gasteiger partial charge >= 0.3 is 5.97 Å². The van der Waals surface area contributed by atoms with Gasteiger partial charge in [-0.1, -0.05) is 36.3 Å². The SMILES string of the molecule is COC(=O)/C=C/[C@@H](C)CC/C=C(\C)CCC=C(C)C. The summed E-state index contributed by atoms with van der Waals surface area (Å²) in [5.74, 6) is 0.126. The Hall–Kier alpha value is -1.31. The van der Waals surface area contributed by atoms with Crippen molar-refractivity contribution in [3.63, 3.8) is 0 Å². The lowest BCUT2D eigenvalue weighted by molar-refractivity contribution is -0.134. The molecule has 0 N–H and O–H groups in total. The fraction of sp³-hybridized carbons (Fsp3) is 0.588. The van der Waals surface area contributed by atoms with Crippen molar-refractivity contribution in [2.75, 3.05) is 7.11 Å². The molecule has 0 aliphatic carbocycles. The second-order valence-electron chi connectivity index (χ2n) is 5.31. The van der Waals surface area contributed by atoms with E-state index in [0.717, 1.165) is 25.7 Å². The molecule has 0 radical (unpaired) electrons. The molecule has 2 nitrogen and oxygen atoms in total. The topological polar surface area (TPSA) is 26.3 Å². The zero-order chi connectivity index (χ0) is 14.7. The summed E-state index contributed by atoms with van der Waals surface area (Å²) in [6.45, 7) is 8.57. The monoisotopic (exact) mass is 264 g/mol. The Morgan fingerprint density at radius 2 is 1.84 bits per heavy atom. The summed E-state index contributed by atoms with van der Waals surface area (Å²) in [6.07, 6.45) is 12.4. The van der Waals surface area contributed by atoms with Gasteiger partial charge in [-0.3, -0.25) is 0 Å². The Bertz CT molecular complexity index is 344. The lowest BCUT2D eigenvalue weighted by Gasteiger charge is -2.04. The van der Waals surface area contributed by atoms with Crippen molar-refractivity contribution >= 4 is 5.97 Å². The van der Waals surface area contributed by atoms with E-state index in [1.54, 1.807) is 0 Å². The van der Waals surface area contributed by atoms with Crippen LogP contribution in [0.5, 0.6) is 0 Å². The molecule has 19 heavy (non-hydrogen) atoms. The minimum atomic E-state index is -0.278. The number of carbonyl (C=O) groups excluding carboxylic acids is 1. The zero-order valence-electron chi connectivity index (χ0n) is 13.0. The van der Waals surface area contributed by atoms with Crippen LogP contribution in [0.2, 0.25) is 0 Å². The number of rotatable bonds is 8. The van der Waals surface area contributed by atoms with Gasteiger partial charge in [0, 0.05) is 6.08 Å². The van der Waals surface area contributed by atoms with E-state index in [1.165, 1.54) is 24.3 Å². The first-order valence-electron chi connectivity index (χ1n) is 7.00. The van der Waals surface area contributed by atoms with Crippen LogP contribution in [-0.2, 0) is 9.53 Å². The van der Waals surface area contributed by atoms with Crippen molar-refractivity contribution in [2.45, 2.75) is 53.4 Å². The molecule has 0 heterocycles. The van der Waals surface area contributed by atoms with Gasteiger partial charge in [0.1, 0.15) is 0 Å². The van der Waals surface area contributed by atoms with E-state index in [4.69, 9.17) is 0 Å². The molecule has 2 heteroatoms. The van der Waals surface area contributed by atoms with E-state index in [9.17, 15) is 4.79 Å². The first kappa shape index (κ1) is 17.7. The predicted molar refractivity (Wildman–Crippen MR) is 82.0 cm³/mol. The zero-order valence-corrected chi connectivity index (χ0v) is 13.0. The summed E-state index contributed by atoms with van der Waals surface area (Å²) >= 11 is 0. The van der Waals surface area contributed by atoms with Crippen LogP contribution in [0.15, 0.2) is 35.5 Å². The number of esters is 1. The van der Waals surface area contributed by atoms with Crippen LogP contribution in [0.25, 0.3) is 0 Å². The summed E-state index contributed by atoms with van der Waals surface area (Å²) in [5, 5.41) is 0. The number of carbonyl (C=O) groups is 1. The van der Waals surface area contributed by atoms with Crippen molar-refractivity contribution in [3.05, 3.63) is 35.5 Å². The third-order valence-electron chi connectivity index (χ3n) is 2.97. The van der Waals surface area contributed by atoms with Gasteiger partial charge in [-0.25, -0.2) is 4.79 Å². The van der Waals surface area contributed by atoms with Crippen LogP contribution < -0.4 is 0 Å². The van der Waals surface area contributed by atoms with Gasteiger partial charge in [-0.05, 0) is 52.4 Å². The van der Waals surface area contributed by atoms with E-state index < -0.39 is 0 Å². The largest absolute Gasteiger partial charge is 0.466 e. The molecular weight excluding hydrogens is 236 g/mol. The molecule has 0 amide bonds. The minimum Gasteiger partial charge on any atom is -0.466 e. The average Bonchev–Trinajstić information content (AvgIpc) is 2.35. The average molecular weight is 264 g/mol. The molecule has 0 fully saturated rings. The first-order chi connectivity index (χ1) is 8.95. The number of hydrogen-bond donors (Lipinski definition) is 0. The fourth-order valence-corrected chi connectivity index (χ4v) is 1.69. The van der Waals surface area contributed by atoms with Crippen molar-refractivity contribution in [2.24, 2.45) is 5.92 Å². The highest BCUT2D eigenvalue weighted by molar-refractivity contribution is 5.81. The Balaban J connectivity index is 3.90. The van der Waals surface area contributed by atoms with Crippen LogP contribution in [0.3, 0.4) is 0 Å². The maximum Gasteiger partial charge on any atom is 0.330 e. The molecule has 0 saturated heterocycles. The highest BCUT2D eigenvalue weighted by Crippen LogP contribution is 2.12. The summed E-state index contributed by atoms with van der Waals surface area (Å²) < 4.78 is 4.56. The standard InChI is InChI=1S/C17H28O2/c1-14(2)8-6-9-15(3)10-7-11-16(4)12-13-17(18)19-5/h8,10,12-13,16H,6-7,9,11H2,1-5H3/b13-12+,15-10+/t16-/m0/s1. The van der Waals surface area contributed by atoms with Gasteiger partial charge in [-0.2, -0.15) is 0 Å². The Labute approximate surface area is 118 Å². The highest BCUT2D eigenvalue weighted by atomic mass is 16.5. The summed E-state index contributed by atoms with van der Waals surface area (Å²) in [5.41, 5.74) is 2.83. The molecule has 108 valence electrons. The Kier molecular flexibility index (Phi) is 9.87. The third kappa shape index (κ3) is 11.5. The third-order valence-corrected chi connectivity index (χ3v) is 2.97. The second kappa shape index (κ2) is 10.6. The quantitative estimate of drug-likeness (QED) is 0.357. The Morgan fingerprint density at radius 3 is 2.42 bits per heavy atom. The van der Waals surface area contributed by atoms with E-state index in [-0.39, 0.29) is 5.97 Å². The molecule has 0 rings (SSSR count). The smallest absolute Gasteiger partial charge is 0.330 e. The number of ether oxygens (including phenoxy) is 1. The number of allylic oxidation sites excluding steroid dienone is 5. The minimum absolute atomic E-state index is 0.278. The molecule has 0 aromatic rings. The molecule has 1 atom stereocenters. The molecule has 0 saturated carbocycles. The van der Waals surface area contributed by atoms with Crippen LogP contribution in [-0.4, -0.2) is 13.1 Å². The van der Waals surface area contributed by atoms with Gasteiger partial charge < -0.3 is 4.74 Å². The molecule has 0 aliphatic rings. The van der Waals surface area contributed by atoms with Crippen molar-refractivity contribution < 1.29 is 9.53 Å².